The maximum atomic E-state index is 13.1. The highest BCUT2D eigenvalue weighted by Crippen LogP contribution is 2.37. The fourth-order valence-electron chi connectivity index (χ4n) is 2.13. The zero-order valence-electron chi connectivity index (χ0n) is 8.30. The zero-order valence-corrected chi connectivity index (χ0v) is 10.5. The summed E-state index contributed by atoms with van der Waals surface area (Å²) >= 11 is 2.12. The zero-order chi connectivity index (χ0) is 10.9. The summed E-state index contributed by atoms with van der Waals surface area (Å²) in [4.78, 5) is 0. The van der Waals surface area contributed by atoms with Gasteiger partial charge in [0.05, 0.1) is 0 Å². The lowest BCUT2D eigenvalue weighted by Crippen LogP contribution is -2.28. The minimum atomic E-state index is -2.46. The second-order valence-corrected chi connectivity index (χ2v) is 5.28. The molecule has 0 aromatic carbocycles. The standard InChI is InChI=1S/C10H13F2IN2/c11-10(12)4-1-2-8(6-10)7-15-5-3-9(13)14-15/h3,5,8H,1-2,4,6-7H2. The average molecular weight is 326 g/mol. The van der Waals surface area contributed by atoms with Crippen molar-refractivity contribution in [2.24, 2.45) is 5.92 Å². The van der Waals surface area contributed by atoms with Crippen LogP contribution in [-0.4, -0.2) is 15.7 Å². The van der Waals surface area contributed by atoms with Crippen LogP contribution in [0.15, 0.2) is 12.3 Å². The Kier molecular flexibility index (Phi) is 3.27. The van der Waals surface area contributed by atoms with Crippen LogP contribution in [0.2, 0.25) is 0 Å². The largest absolute Gasteiger partial charge is 0.271 e. The van der Waals surface area contributed by atoms with Gasteiger partial charge in [-0.1, -0.05) is 0 Å². The summed E-state index contributed by atoms with van der Waals surface area (Å²) in [6.45, 7) is 0.624. The highest BCUT2D eigenvalue weighted by Gasteiger charge is 2.36. The van der Waals surface area contributed by atoms with Gasteiger partial charge in [-0.25, -0.2) is 8.78 Å². The molecule has 2 rings (SSSR count). The van der Waals surface area contributed by atoms with Gasteiger partial charge >= 0.3 is 0 Å². The van der Waals surface area contributed by atoms with Gasteiger partial charge in [-0.2, -0.15) is 5.10 Å². The topological polar surface area (TPSA) is 17.8 Å². The Morgan fingerprint density at radius 3 is 3.00 bits per heavy atom. The number of rotatable bonds is 2. The Morgan fingerprint density at radius 1 is 1.60 bits per heavy atom. The monoisotopic (exact) mass is 326 g/mol. The van der Waals surface area contributed by atoms with Gasteiger partial charge in [-0.15, -0.1) is 0 Å². The van der Waals surface area contributed by atoms with Gasteiger partial charge < -0.3 is 0 Å². The Balaban J connectivity index is 1.95. The SMILES string of the molecule is FC1(F)CCCC(Cn2ccc(I)n2)C1. The predicted octanol–water partition coefficient (Wildman–Crippen LogP) is 3.31. The molecule has 0 spiro atoms. The summed E-state index contributed by atoms with van der Waals surface area (Å²) < 4.78 is 28.9. The molecule has 15 heavy (non-hydrogen) atoms. The second kappa shape index (κ2) is 4.35. The Labute approximate surface area is 101 Å². The Morgan fingerprint density at radius 2 is 2.40 bits per heavy atom. The van der Waals surface area contributed by atoms with Gasteiger partial charge in [0.2, 0.25) is 5.92 Å². The first kappa shape index (κ1) is 11.3. The third-order valence-electron chi connectivity index (χ3n) is 2.80. The van der Waals surface area contributed by atoms with Crippen molar-refractivity contribution in [2.75, 3.05) is 0 Å². The third-order valence-corrected chi connectivity index (χ3v) is 3.37. The molecule has 0 radical (unpaired) electrons. The van der Waals surface area contributed by atoms with Crippen LogP contribution in [-0.2, 0) is 6.54 Å². The fourth-order valence-corrected chi connectivity index (χ4v) is 2.57. The van der Waals surface area contributed by atoms with Gasteiger partial charge in [0.1, 0.15) is 3.70 Å². The lowest BCUT2D eigenvalue weighted by Gasteiger charge is -2.28. The summed E-state index contributed by atoms with van der Waals surface area (Å²) in [7, 11) is 0. The van der Waals surface area contributed by atoms with E-state index in [4.69, 9.17) is 0 Å². The number of nitrogens with zero attached hydrogens (tertiary/aromatic N) is 2. The van der Waals surface area contributed by atoms with Crippen molar-refractivity contribution < 1.29 is 8.78 Å². The molecule has 0 amide bonds. The first-order valence-electron chi connectivity index (χ1n) is 5.12. The lowest BCUT2D eigenvalue weighted by atomic mass is 9.86. The quantitative estimate of drug-likeness (QED) is 0.763. The molecule has 2 nitrogen and oxygen atoms in total. The van der Waals surface area contributed by atoms with Crippen LogP contribution in [0.25, 0.3) is 0 Å². The van der Waals surface area contributed by atoms with Crippen LogP contribution in [0.1, 0.15) is 25.7 Å². The maximum absolute atomic E-state index is 13.1. The molecule has 0 saturated heterocycles. The van der Waals surface area contributed by atoms with Gasteiger partial charge in [-0.3, -0.25) is 4.68 Å². The van der Waals surface area contributed by atoms with Crippen molar-refractivity contribution in [3.63, 3.8) is 0 Å². The minimum Gasteiger partial charge on any atom is -0.271 e. The van der Waals surface area contributed by atoms with E-state index in [9.17, 15) is 8.78 Å². The molecule has 0 N–H and O–H groups in total. The number of hydrogen-bond donors (Lipinski definition) is 0. The summed E-state index contributed by atoms with van der Waals surface area (Å²) in [5, 5.41) is 4.21. The van der Waals surface area contributed by atoms with E-state index in [1.165, 1.54) is 0 Å². The molecule has 1 aliphatic carbocycles. The number of halogens is 3. The van der Waals surface area contributed by atoms with Gasteiger partial charge in [0.25, 0.3) is 0 Å². The molecule has 1 aliphatic rings. The van der Waals surface area contributed by atoms with Gasteiger partial charge in [-0.05, 0) is 47.4 Å². The van der Waals surface area contributed by atoms with Crippen molar-refractivity contribution in [1.82, 2.24) is 9.78 Å². The van der Waals surface area contributed by atoms with E-state index < -0.39 is 5.92 Å². The molecule has 0 aliphatic heterocycles. The smallest absolute Gasteiger partial charge is 0.248 e. The van der Waals surface area contributed by atoms with Crippen LogP contribution in [0.5, 0.6) is 0 Å². The lowest BCUT2D eigenvalue weighted by molar-refractivity contribution is -0.0551. The van der Waals surface area contributed by atoms with Crippen LogP contribution in [0.3, 0.4) is 0 Å². The van der Waals surface area contributed by atoms with Crippen molar-refractivity contribution >= 4 is 22.6 Å². The van der Waals surface area contributed by atoms with E-state index in [-0.39, 0.29) is 18.8 Å². The molecule has 1 saturated carbocycles. The fraction of sp³-hybridized carbons (Fsp3) is 0.700. The Bertz CT molecular complexity index is 338. The van der Waals surface area contributed by atoms with E-state index >= 15 is 0 Å². The molecule has 1 atom stereocenters. The van der Waals surface area contributed by atoms with E-state index in [1.807, 2.05) is 12.3 Å². The van der Waals surface area contributed by atoms with Crippen LogP contribution in [0, 0.1) is 9.62 Å². The van der Waals surface area contributed by atoms with E-state index in [0.29, 0.717) is 13.0 Å². The van der Waals surface area contributed by atoms with Crippen molar-refractivity contribution in [3.05, 3.63) is 16.0 Å². The first-order valence-corrected chi connectivity index (χ1v) is 6.20. The van der Waals surface area contributed by atoms with Crippen molar-refractivity contribution in [3.8, 4) is 0 Å². The normalized spacial score (nSPS) is 25.4. The summed E-state index contributed by atoms with van der Waals surface area (Å²) in [6.07, 6.45) is 3.46. The third kappa shape index (κ3) is 3.12. The molecular weight excluding hydrogens is 313 g/mol. The van der Waals surface area contributed by atoms with E-state index in [0.717, 1.165) is 10.1 Å². The van der Waals surface area contributed by atoms with E-state index in [2.05, 4.69) is 27.7 Å². The molecule has 84 valence electrons. The molecule has 5 heteroatoms. The van der Waals surface area contributed by atoms with Crippen molar-refractivity contribution in [1.29, 1.82) is 0 Å². The molecule has 1 unspecified atom stereocenters. The van der Waals surface area contributed by atoms with Crippen LogP contribution >= 0.6 is 22.6 Å². The molecule has 1 heterocycles. The minimum absolute atomic E-state index is 0.0173. The van der Waals surface area contributed by atoms with Gasteiger partial charge in [0, 0.05) is 25.6 Å². The molecule has 0 bridgehead atoms. The molecule has 1 aromatic heterocycles. The van der Waals surface area contributed by atoms with Crippen LogP contribution < -0.4 is 0 Å². The number of hydrogen-bond acceptors (Lipinski definition) is 1. The average Bonchev–Trinajstić information content (AvgIpc) is 2.49. The molecular formula is C10H13F2IN2. The molecule has 1 aromatic rings. The number of aromatic nitrogens is 2. The summed E-state index contributed by atoms with van der Waals surface area (Å²) in [5.74, 6) is -2.38. The predicted molar refractivity (Wildman–Crippen MR) is 61.8 cm³/mol. The van der Waals surface area contributed by atoms with Crippen molar-refractivity contribution in [2.45, 2.75) is 38.2 Å². The highest BCUT2D eigenvalue weighted by atomic mass is 127. The van der Waals surface area contributed by atoms with Crippen LogP contribution in [0.4, 0.5) is 8.78 Å². The van der Waals surface area contributed by atoms with E-state index in [1.54, 1.807) is 4.68 Å². The number of alkyl halides is 2. The highest BCUT2D eigenvalue weighted by molar-refractivity contribution is 14.1. The second-order valence-electron chi connectivity index (χ2n) is 4.18. The summed E-state index contributed by atoms with van der Waals surface area (Å²) in [5.41, 5.74) is 0. The Hall–Kier alpha value is -0.200. The molecule has 1 fully saturated rings. The summed E-state index contributed by atoms with van der Waals surface area (Å²) in [6, 6.07) is 1.89. The first-order chi connectivity index (χ1) is 7.05. The van der Waals surface area contributed by atoms with Gasteiger partial charge in [0.15, 0.2) is 0 Å². The maximum Gasteiger partial charge on any atom is 0.248 e.